The van der Waals surface area contributed by atoms with Crippen molar-refractivity contribution in [2.75, 3.05) is 13.6 Å². The van der Waals surface area contributed by atoms with E-state index in [1.165, 1.54) is 0 Å². The van der Waals surface area contributed by atoms with Crippen LogP contribution in [-0.2, 0) is 13.0 Å². The molecule has 0 saturated carbocycles. The standard InChI is InChI=1S/C16H24N6O/c1-12(2)15-21-14(23-22-15)8-6-10-19-16(17-3)20-11-13-7-4-5-9-18-13/h4-5,7,9,12H,6,8,10-11H2,1-3H3,(H2,17,19,20). The van der Waals surface area contributed by atoms with Crippen molar-refractivity contribution < 1.29 is 4.52 Å². The number of hydrogen-bond donors (Lipinski definition) is 2. The Morgan fingerprint density at radius 3 is 2.83 bits per heavy atom. The van der Waals surface area contributed by atoms with E-state index in [-0.39, 0.29) is 0 Å². The summed E-state index contributed by atoms with van der Waals surface area (Å²) in [5.74, 6) is 2.50. The second-order valence-corrected chi connectivity index (χ2v) is 5.48. The summed E-state index contributed by atoms with van der Waals surface area (Å²) in [4.78, 5) is 12.8. The molecular formula is C16H24N6O. The second-order valence-electron chi connectivity index (χ2n) is 5.48. The van der Waals surface area contributed by atoms with Crippen molar-refractivity contribution in [3.63, 3.8) is 0 Å². The maximum Gasteiger partial charge on any atom is 0.226 e. The van der Waals surface area contributed by atoms with Crippen molar-refractivity contribution in [3.05, 3.63) is 41.8 Å². The van der Waals surface area contributed by atoms with Gasteiger partial charge in [-0.1, -0.05) is 25.1 Å². The zero-order valence-electron chi connectivity index (χ0n) is 13.9. The van der Waals surface area contributed by atoms with Crippen LogP contribution >= 0.6 is 0 Å². The molecule has 2 rings (SSSR count). The van der Waals surface area contributed by atoms with Crippen LogP contribution in [0.3, 0.4) is 0 Å². The summed E-state index contributed by atoms with van der Waals surface area (Å²) in [7, 11) is 1.75. The quantitative estimate of drug-likeness (QED) is 0.461. The van der Waals surface area contributed by atoms with Crippen LogP contribution in [0.1, 0.15) is 43.6 Å². The van der Waals surface area contributed by atoms with Crippen LogP contribution < -0.4 is 10.6 Å². The molecule has 2 N–H and O–H groups in total. The fourth-order valence-electron chi connectivity index (χ4n) is 1.95. The molecule has 0 unspecified atom stereocenters. The summed E-state index contributed by atoms with van der Waals surface area (Å²) in [6, 6.07) is 5.84. The molecular weight excluding hydrogens is 292 g/mol. The number of guanidine groups is 1. The molecule has 0 atom stereocenters. The maximum absolute atomic E-state index is 5.22. The summed E-state index contributed by atoms with van der Waals surface area (Å²) < 4.78 is 5.22. The Bertz CT molecular complexity index is 608. The molecule has 0 spiro atoms. The monoisotopic (exact) mass is 316 g/mol. The van der Waals surface area contributed by atoms with Crippen LogP contribution in [0.25, 0.3) is 0 Å². The third kappa shape index (κ3) is 5.69. The molecule has 2 aromatic rings. The van der Waals surface area contributed by atoms with Crippen molar-refractivity contribution in [2.45, 2.75) is 39.2 Å². The molecule has 0 aliphatic heterocycles. The molecule has 0 fully saturated rings. The van der Waals surface area contributed by atoms with Crippen molar-refractivity contribution >= 4 is 5.96 Å². The molecule has 2 aromatic heterocycles. The van der Waals surface area contributed by atoms with Crippen LogP contribution in [-0.4, -0.2) is 34.7 Å². The molecule has 2 heterocycles. The van der Waals surface area contributed by atoms with Gasteiger partial charge in [0.2, 0.25) is 5.89 Å². The number of nitrogens with one attached hydrogen (secondary N) is 2. The molecule has 7 nitrogen and oxygen atoms in total. The number of aromatic nitrogens is 3. The van der Waals surface area contributed by atoms with E-state index in [9.17, 15) is 0 Å². The van der Waals surface area contributed by atoms with E-state index in [4.69, 9.17) is 4.52 Å². The highest BCUT2D eigenvalue weighted by molar-refractivity contribution is 5.79. The topological polar surface area (TPSA) is 88.2 Å². The van der Waals surface area contributed by atoms with Gasteiger partial charge < -0.3 is 15.2 Å². The molecule has 0 aliphatic carbocycles. The largest absolute Gasteiger partial charge is 0.356 e. The average molecular weight is 316 g/mol. The van der Waals surface area contributed by atoms with E-state index in [2.05, 4.69) is 30.8 Å². The van der Waals surface area contributed by atoms with Gasteiger partial charge in [0, 0.05) is 32.1 Å². The van der Waals surface area contributed by atoms with Crippen molar-refractivity contribution in [1.29, 1.82) is 0 Å². The predicted molar refractivity (Wildman–Crippen MR) is 89.1 cm³/mol. The first-order valence-electron chi connectivity index (χ1n) is 7.86. The number of hydrogen-bond acceptors (Lipinski definition) is 5. The van der Waals surface area contributed by atoms with Gasteiger partial charge in [-0.2, -0.15) is 4.98 Å². The smallest absolute Gasteiger partial charge is 0.226 e. The first-order chi connectivity index (χ1) is 11.2. The third-order valence-corrected chi connectivity index (χ3v) is 3.25. The van der Waals surface area contributed by atoms with E-state index in [0.29, 0.717) is 18.4 Å². The summed E-state index contributed by atoms with van der Waals surface area (Å²) in [5, 5.41) is 10.4. The third-order valence-electron chi connectivity index (χ3n) is 3.25. The minimum Gasteiger partial charge on any atom is -0.356 e. The minimum atomic E-state index is 0.292. The SMILES string of the molecule is CN=C(NCCCc1nc(C(C)C)no1)NCc1ccccn1. The predicted octanol–water partition coefficient (Wildman–Crippen LogP) is 1.89. The van der Waals surface area contributed by atoms with Crippen molar-refractivity contribution in [2.24, 2.45) is 4.99 Å². The van der Waals surface area contributed by atoms with E-state index in [0.717, 1.165) is 36.9 Å². The normalized spacial score (nSPS) is 11.7. The van der Waals surface area contributed by atoms with Gasteiger partial charge in [0.15, 0.2) is 11.8 Å². The Morgan fingerprint density at radius 2 is 2.17 bits per heavy atom. The van der Waals surface area contributed by atoms with E-state index < -0.39 is 0 Å². The Hall–Kier alpha value is -2.44. The number of aryl methyl sites for hydroxylation is 1. The highest BCUT2D eigenvalue weighted by Crippen LogP contribution is 2.10. The number of aliphatic imine (C=N–C) groups is 1. The Labute approximate surface area is 136 Å². The molecule has 0 aromatic carbocycles. The highest BCUT2D eigenvalue weighted by atomic mass is 16.5. The molecule has 0 aliphatic rings. The van der Waals surface area contributed by atoms with Crippen LogP contribution in [0.15, 0.2) is 33.9 Å². The zero-order chi connectivity index (χ0) is 16.5. The summed E-state index contributed by atoms with van der Waals surface area (Å²) >= 11 is 0. The van der Waals surface area contributed by atoms with Crippen molar-refractivity contribution in [1.82, 2.24) is 25.8 Å². The Balaban J connectivity index is 1.67. The summed E-state index contributed by atoms with van der Waals surface area (Å²) in [6.45, 7) is 5.52. The number of rotatable bonds is 7. The van der Waals surface area contributed by atoms with Crippen LogP contribution in [0.2, 0.25) is 0 Å². The van der Waals surface area contributed by atoms with E-state index in [1.54, 1.807) is 13.2 Å². The Kier molecular flexibility index (Phi) is 6.53. The van der Waals surface area contributed by atoms with Crippen LogP contribution in [0.5, 0.6) is 0 Å². The molecule has 7 heteroatoms. The van der Waals surface area contributed by atoms with Gasteiger partial charge >= 0.3 is 0 Å². The van der Waals surface area contributed by atoms with Gasteiger partial charge in [-0.15, -0.1) is 0 Å². The average Bonchev–Trinajstić information content (AvgIpc) is 3.04. The molecule has 0 saturated heterocycles. The Morgan fingerprint density at radius 1 is 1.30 bits per heavy atom. The number of nitrogens with zero attached hydrogens (tertiary/aromatic N) is 4. The zero-order valence-corrected chi connectivity index (χ0v) is 13.9. The first kappa shape index (κ1) is 16.9. The van der Waals surface area contributed by atoms with Gasteiger partial charge in [-0.25, -0.2) is 0 Å². The van der Waals surface area contributed by atoms with Crippen molar-refractivity contribution in [3.8, 4) is 0 Å². The van der Waals surface area contributed by atoms with Gasteiger partial charge in [-0.3, -0.25) is 9.98 Å². The summed E-state index contributed by atoms with van der Waals surface area (Å²) in [5.41, 5.74) is 0.975. The number of pyridine rings is 1. The lowest BCUT2D eigenvalue weighted by Gasteiger charge is -2.10. The van der Waals surface area contributed by atoms with E-state index >= 15 is 0 Å². The van der Waals surface area contributed by atoms with Crippen LogP contribution in [0.4, 0.5) is 0 Å². The molecule has 0 bridgehead atoms. The fraction of sp³-hybridized carbons (Fsp3) is 0.500. The second kappa shape index (κ2) is 8.87. The molecule has 0 radical (unpaired) electrons. The summed E-state index contributed by atoms with van der Waals surface area (Å²) in [6.07, 6.45) is 3.43. The maximum atomic E-state index is 5.22. The first-order valence-corrected chi connectivity index (χ1v) is 7.86. The van der Waals surface area contributed by atoms with Gasteiger partial charge in [0.25, 0.3) is 0 Å². The molecule has 124 valence electrons. The molecule has 23 heavy (non-hydrogen) atoms. The molecule has 0 amide bonds. The highest BCUT2D eigenvalue weighted by Gasteiger charge is 2.09. The van der Waals surface area contributed by atoms with Crippen LogP contribution in [0, 0.1) is 0 Å². The minimum absolute atomic E-state index is 0.292. The fourth-order valence-corrected chi connectivity index (χ4v) is 1.95. The lowest BCUT2D eigenvalue weighted by atomic mass is 10.2. The van der Waals surface area contributed by atoms with Gasteiger partial charge in [0.1, 0.15) is 0 Å². The van der Waals surface area contributed by atoms with Gasteiger partial charge in [0.05, 0.1) is 12.2 Å². The van der Waals surface area contributed by atoms with E-state index in [1.807, 2.05) is 32.0 Å². The van der Waals surface area contributed by atoms with Gasteiger partial charge in [-0.05, 0) is 18.6 Å². The lowest BCUT2D eigenvalue weighted by Crippen LogP contribution is -2.37. The lowest BCUT2D eigenvalue weighted by molar-refractivity contribution is 0.368.